The van der Waals surface area contributed by atoms with Crippen molar-refractivity contribution in [3.8, 4) is 0 Å². The maximum atomic E-state index is 13.6. The van der Waals surface area contributed by atoms with Crippen LogP contribution in [0.3, 0.4) is 0 Å². The van der Waals surface area contributed by atoms with Gasteiger partial charge < -0.3 is 25.5 Å². The quantitative estimate of drug-likeness (QED) is 0.518. The number of aromatic nitrogens is 1. The summed E-state index contributed by atoms with van der Waals surface area (Å²) in [4.78, 5) is 39.2. The first kappa shape index (κ1) is 21.3. The number of amides is 2. The van der Waals surface area contributed by atoms with E-state index in [1.807, 2.05) is 0 Å². The van der Waals surface area contributed by atoms with Crippen LogP contribution in [-0.4, -0.2) is 47.1 Å². The molecule has 1 aromatic heterocycles. The molecule has 0 spiro atoms. The van der Waals surface area contributed by atoms with Crippen LogP contribution in [0.25, 0.3) is 11.6 Å². The van der Waals surface area contributed by atoms with Gasteiger partial charge in [0.15, 0.2) is 6.10 Å². The molecule has 0 saturated heterocycles. The van der Waals surface area contributed by atoms with E-state index < -0.39 is 23.8 Å². The van der Waals surface area contributed by atoms with E-state index in [-0.39, 0.29) is 24.6 Å². The number of aromatic amines is 1. The number of hydrogen-bond donors (Lipinski definition) is 4. The average Bonchev–Trinajstić information content (AvgIpc) is 3.14. The van der Waals surface area contributed by atoms with E-state index in [9.17, 15) is 18.8 Å². The van der Waals surface area contributed by atoms with Gasteiger partial charge in [-0.25, -0.2) is 9.18 Å². The molecule has 4 N–H and O–H groups in total. The second kappa shape index (κ2) is 8.50. The number of ether oxygens (including phenoxy) is 1. The van der Waals surface area contributed by atoms with Gasteiger partial charge in [0, 0.05) is 29.2 Å². The Balaban J connectivity index is 1.87. The highest BCUT2D eigenvalue weighted by Crippen LogP contribution is 2.34. The van der Waals surface area contributed by atoms with Gasteiger partial charge in [0.05, 0.1) is 17.7 Å². The molecule has 3 rings (SSSR count). The number of aryl methyl sites for hydroxylation is 1. The number of fused-ring (bicyclic) bond motifs is 1. The van der Waals surface area contributed by atoms with Crippen molar-refractivity contribution in [3.05, 3.63) is 52.1 Å². The van der Waals surface area contributed by atoms with Gasteiger partial charge in [-0.15, -0.1) is 0 Å². The van der Waals surface area contributed by atoms with Crippen molar-refractivity contribution < 1.29 is 28.6 Å². The Hall–Kier alpha value is -3.46. The summed E-state index contributed by atoms with van der Waals surface area (Å²) in [6.07, 6.45) is 0.425. The van der Waals surface area contributed by atoms with Crippen LogP contribution in [0, 0.1) is 19.7 Å². The van der Waals surface area contributed by atoms with Gasteiger partial charge in [-0.3, -0.25) is 9.59 Å². The highest BCUT2D eigenvalue weighted by molar-refractivity contribution is 6.34. The third-order valence-electron chi connectivity index (χ3n) is 4.85. The summed E-state index contributed by atoms with van der Waals surface area (Å²) in [5.41, 5.74) is 3.25. The molecule has 0 saturated carbocycles. The van der Waals surface area contributed by atoms with Gasteiger partial charge >= 0.3 is 5.97 Å². The monoisotopic (exact) mass is 415 g/mol. The summed E-state index contributed by atoms with van der Waals surface area (Å²) in [5.74, 6) is -2.45. The molecule has 1 aromatic carbocycles. The van der Waals surface area contributed by atoms with Crippen LogP contribution in [0.4, 0.5) is 10.1 Å². The molecule has 0 fully saturated rings. The maximum Gasteiger partial charge on any atom is 0.334 e. The lowest BCUT2D eigenvalue weighted by atomic mass is 10.0. The predicted octanol–water partition coefficient (Wildman–Crippen LogP) is 2.48. The Labute approximate surface area is 172 Å². The lowest BCUT2D eigenvalue weighted by molar-refractivity contribution is -0.149. The van der Waals surface area contributed by atoms with Crippen molar-refractivity contribution in [3.63, 3.8) is 0 Å². The summed E-state index contributed by atoms with van der Waals surface area (Å²) in [6, 6.07) is 4.03. The molecule has 0 bridgehead atoms. The van der Waals surface area contributed by atoms with E-state index in [1.165, 1.54) is 18.2 Å². The fourth-order valence-electron chi connectivity index (χ4n) is 3.40. The second-order valence-corrected chi connectivity index (χ2v) is 6.86. The number of hydrogen-bond acceptors (Lipinski definition) is 4. The Morgan fingerprint density at radius 3 is 2.73 bits per heavy atom. The Morgan fingerprint density at radius 1 is 1.33 bits per heavy atom. The zero-order valence-electron chi connectivity index (χ0n) is 16.8. The van der Waals surface area contributed by atoms with E-state index in [0.29, 0.717) is 33.8 Å². The molecule has 9 heteroatoms. The van der Waals surface area contributed by atoms with Gasteiger partial charge in [0.2, 0.25) is 0 Å². The first-order valence-corrected chi connectivity index (χ1v) is 9.37. The molecular formula is C21H22FN3O5. The van der Waals surface area contributed by atoms with Gasteiger partial charge in [0.1, 0.15) is 5.82 Å². The van der Waals surface area contributed by atoms with Gasteiger partial charge in [0.25, 0.3) is 11.8 Å². The number of rotatable bonds is 7. The van der Waals surface area contributed by atoms with E-state index in [1.54, 1.807) is 26.8 Å². The van der Waals surface area contributed by atoms with Crippen LogP contribution in [0.1, 0.15) is 39.8 Å². The number of halogens is 1. The fourth-order valence-corrected chi connectivity index (χ4v) is 3.40. The fraction of sp³-hybridized carbons (Fsp3) is 0.286. The SMILES string of the molecule is CCOC(CNC(=O)c1c(C)[nH]c(/C=C2\C(=O)Nc3ccc(F)cc32)c1C)C(=O)O. The van der Waals surface area contributed by atoms with Gasteiger partial charge in [-0.2, -0.15) is 0 Å². The summed E-state index contributed by atoms with van der Waals surface area (Å²) in [5, 5.41) is 14.4. The van der Waals surface area contributed by atoms with E-state index in [4.69, 9.17) is 9.84 Å². The van der Waals surface area contributed by atoms with Crippen LogP contribution in [0.15, 0.2) is 18.2 Å². The van der Waals surface area contributed by atoms with Crippen LogP contribution in [0.2, 0.25) is 0 Å². The maximum absolute atomic E-state index is 13.6. The molecule has 8 nitrogen and oxygen atoms in total. The van der Waals surface area contributed by atoms with Crippen LogP contribution >= 0.6 is 0 Å². The molecule has 30 heavy (non-hydrogen) atoms. The number of anilines is 1. The number of aliphatic carboxylic acids is 1. The predicted molar refractivity (Wildman–Crippen MR) is 109 cm³/mol. The first-order chi connectivity index (χ1) is 14.2. The lowest BCUT2D eigenvalue weighted by Gasteiger charge is -2.13. The smallest absolute Gasteiger partial charge is 0.334 e. The normalized spacial score (nSPS) is 15.1. The van der Waals surface area contributed by atoms with Crippen LogP contribution in [0.5, 0.6) is 0 Å². The Morgan fingerprint density at radius 2 is 2.07 bits per heavy atom. The molecule has 1 aliphatic heterocycles. The Bertz CT molecular complexity index is 1060. The molecule has 0 radical (unpaired) electrons. The summed E-state index contributed by atoms with van der Waals surface area (Å²) < 4.78 is 18.7. The first-order valence-electron chi connectivity index (χ1n) is 9.37. The number of benzene rings is 1. The lowest BCUT2D eigenvalue weighted by Crippen LogP contribution is -2.38. The largest absolute Gasteiger partial charge is 0.479 e. The van der Waals surface area contributed by atoms with Crippen molar-refractivity contribution in [1.82, 2.24) is 10.3 Å². The van der Waals surface area contributed by atoms with Crippen LogP contribution < -0.4 is 10.6 Å². The second-order valence-electron chi connectivity index (χ2n) is 6.86. The summed E-state index contributed by atoms with van der Waals surface area (Å²) in [7, 11) is 0. The third-order valence-corrected chi connectivity index (χ3v) is 4.85. The Kier molecular flexibility index (Phi) is 6.02. The van der Waals surface area contributed by atoms with Crippen molar-refractivity contribution in [2.75, 3.05) is 18.5 Å². The number of carbonyl (C=O) groups is 3. The molecule has 2 amide bonds. The van der Waals surface area contributed by atoms with Crippen LogP contribution in [-0.2, 0) is 14.3 Å². The molecular weight excluding hydrogens is 393 g/mol. The number of H-pyrrole nitrogens is 1. The minimum atomic E-state index is -1.16. The number of carboxylic acids is 1. The zero-order chi connectivity index (χ0) is 22.0. The van der Waals surface area contributed by atoms with Crippen molar-refractivity contribution in [1.29, 1.82) is 0 Å². The molecule has 1 aliphatic rings. The molecule has 2 aromatic rings. The van der Waals surface area contributed by atoms with Gasteiger partial charge in [-0.05, 0) is 50.6 Å². The molecule has 2 heterocycles. The van der Waals surface area contributed by atoms with E-state index >= 15 is 0 Å². The standard InChI is InChI=1S/C21H22FN3O5/c1-4-30-17(21(28)29)9-23-20(27)18-10(2)16(24-11(18)3)8-14-13-7-12(22)5-6-15(13)25-19(14)26/h5-8,17,24H,4,9H2,1-3H3,(H,23,27)(H,25,26)(H,28,29)/b14-8-. The highest BCUT2D eigenvalue weighted by Gasteiger charge is 2.26. The molecule has 0 aliphatic carbocycles. The minimum absolute atomic E-state index is 0.183. The summed E-state index contributed by atoms with van der Waals surface area (Å²) >= 11 is 0. The highest BCUT2D eigenvalue weighted by atomic mass is 19.1. The minimum Gasteiger partial charge on any atom is -0.479 e. The summed E-state index contributed by atoms with van der Waals surface area (Å²) in [6.45, 7) is 5.10. The number of carbonyl (C=O) groups excluding carboxylic acids is 2. The molecule has 1 unspecified atom stereocenters. The van der Waals surface area contributed by atoms with Crippen molar-refractivity contribution in [2.45, 2.75) is 26.9 Å². The topological polar surface area (TPSA) is 121 Å². The number of carboxylic acid groups (broad SMARTS) is 1. The van der Waals surface area contributed by atoms with E-state index in [2.05, 4.69) is 15.6 Å². The molecule has 158 valence electrons. The van der Waals surface area contributed by atoms with E-state index in [0.717, 1.165) is 0 Å². The molecule has 1 atom stereocenters. The van der Waals surface area contributed by atoms with Crippen molar-refractivity contribution >= 4 is 35.1 Å². The average molecular weight is 415 g/mol. The third kappa shape index (κ3) is 4.11. The zero-order valence-corrected chi connectivity index (χ0v) is 16.8. The van der Waals surface area contributed by atoms with Crippen molar-refractivity contribution in [2.24, 2.45) is 0 Å². The number of nitrogens with one attached hydrogen (secondary N) is 3. The van der Waals surface area contributed by atoms with Gasteiger partial charge in [-0.1, -0.05) is 0 Å².